The van der Waals surface area contributed by atoms with Crippen LogP contribution in [0.2, 0.25) is 0 Å². The van der Waals surface area contributed by atoms with Crippen LogP contribution in [0.5, 0.6) is 11.5 Å². The lowest BCUT2D eigenvalue weighted by Crippen LogP contribution is -2.48. The third kappa shape index (κ3) is 4.97. The molecule has 8 heteroatoms. The standard InChI is InChI=1S/C27H24N4O4/c32-27(24-18-22(31(33)34)11-12-25(24)35-23-9-2-1-3-10-23)30-16-14-29(15-17-30)19-21-7-4-6-20-8-5-13-28-26(20)21/h1-13,18H,14-17,19H2. The van der Waals surface area contributed by atoms with Crippen molar-refractivity contribution in [2.45, 2.75) is 6.54 Å². The number of non-ortho nitro benzene ring substituents is 1. The molecule has 1 fully saturated rings. The Morgan fingerprint density at radius 1 is 0.943 bits per heavy atom. The van der Waals surface area contributed by atoms with E-state index >= 15 is 0 Å². The molecule has 0 unspecified atom stereocenters. The molecule has 176 valence electrons. The van der Waals surface area contributed by atoms with Crippen molar-refractivity contribution >= 4 is 22.5 Å². The number of hydrogen-bond donors (Lipinski definition) is 0. The first-order chi connectivity index (χ1) is 17.1. The molecule has 0 spiro atoms. The van der Waals surface area contributed by atoms with Crippen molar-refractivity contribution in [1.82, 2.24) is 14.8 Å². The van der Waals surface area contributed by atoms with Crippen molar-refractivity contribution in [3.05, 3.63) is 106 Å². The first kappa shape index (κ1) is 22.5. The molecular weight excluding hydrogens is 444 g/mol. The number of ether oxygens (including phenoxy) is 1. The number of amides is 1. The largest absolute Gasteiger partial charge is 0.457 e. The second kappa shape index (κ2) is 9.90. The van der Waals surface area contributed by atoms with Crippen molar-refractivity contribution in [3.63, 3.8) is 0 Å². The van der Waals surface area contributed by atoms with Crippen LogP contribution < -0.4 is 4.74 Å². The van der Waals surface area contributed by atoms with E-state index in [1.165, 1.54) is 18.2 Å². The van der Waals surface area contributed by atoms with Crippen LogP contribution >= 0.6 is 0 Å². The van der Waals surface area contributed by atoms with Gasteiger partial charge in [-0.2, -0.15) is 0 Å². The van der Waals surface area contributed by atoms with Crippen LogP contribution in [0.1, 0.15) is 15.9 Å². The molecule has 0 bridgehead atoms. The van der Waals surface area contributed by atoms with Crippen LogP contribution in [0.25, 0.3) is 10.9 Å². The zero-order chi connectivity index (χ0) is 24.2. The van der Waals surface area contributed by atoms with E-state index in [-0.39, 0.29) is 17.2 Å². The highest BCUT2D eigenvalue weighted by atomic mass is 16.6. The molecule has 1 aliphatic rings. The number of piperazine rings is 1. The molecule has 1 aromatic heterocycles. The zero-order valence-electron chi connectivity index (χ0n) is 19.0. The normalized spacial score (nSPS) is 14.1. The Balaban J connectivity index is 1.31. The molecule has 1 aliphatic heterocycles. The highest BCUT2D eigenvalue weighted by molar-refractivity contribution is 5.97. The average Bonchev–Trinajstić information content (AvgIpc) is 2.90. The number of para-hydroxylation sites is 2. The van der Waals surface area contributed by atoms with E-state index in [0.717, 1.165) is 23.0 Å². The Morgan fingerprint density at radius 3 is 2.49 bits per heavy atom. The summed E-state index contributed by atoms with van der Waals surface area (Å²) in [6.45, 7) is 3.17. The van der Waals surface area contributed by atoms with E-state index in [9.17, 15) is 14.9 Å². The van der Waals surface area contributed by atoms with Gasteiger partial charge in [0.2, 0.25) is 0 Å². The van der Waals surface area contributed by atoms with Gasteiger partial charge in [-0.05, 0) is 29.8 Å². The van der Waals surface area contributed by atoms with Gasteiger partial charge in [-0.3, -0.25) is 24.8 Å². The fourth-order valence-corrected chi connectivity index (χ4v) is 4.32. The Kier molecular flexibility index (Phi) is 6.36. The molecule has 4 aromatic rings. The number of rotatable bonds is 6. The monoisotopic (exact) mass is 468 g/mol. The van der Waals surface area contributed by atoms with Gasteiger partial charge >= 0.3 is 0 Å². The second-order valence-electron chi connectivity index (χ2n) is 8.41. The summed E-state index contributed by atoms with van der Waals surface area (Å²) in [6.07, 6.45) is 1.80. The summed E-state index contributed by atoms with van der Waals surface area (Å²) < 4.78 is 5.91. The van der Waals surface area contributed by atoms with E-state index in [0.29, 0.717) is 37.7 Å². The zero-order valence-corrected chi connectivity index (χ0v) is 19.0. The van der Waals surface area contributed by atoms with E-state index in [4.69, 9.17) is 4.74 Å². The van der Waals surface area contributed by atoms with Gasteiger partial charge in [-0.1, -0.05) is 42.5 Å². The van der Waals surface area contributed by atoms with Crippen molar-refractivity contribution in [1.29, 1.82) is 0 Å². The first-order valence-corrected chi connectivity index (χ1v) is 11.4. The van der Waals surface area contributed by atoms with E-state index in [1.807, 2.05) is 30.3 Å². The van der Waals surface area contributed by atoms with Crippen LogP contribution in [-0.4, -0.2) is 51.8 Å². The molecule has 1 saturated heterocycles. The maximum absolute atomic E-state index is 13.4. The highest BCUT2D eigenvalue weighted by Crippen LogP contribution is 2.30. The molecule has 3 aromatic carbocycles. The number of pyridine rings is 1. The van der Waals surface area contributed by atoms with Gasteiger partial charge in [0.05, 0.1) is 16.0 Å². The molecular formula is C27H24N4O4. The third-order valence-electron chi connectivity index (χ3n) is 6.15. The van der Waals surface area contributed by atoms with Crippen molar-refractivity contribution in [2.75, 3.05) is 26.2 Å². The summed E-state index contributed by atoms with van der Waals surface area (Å²) in [5.74, 6) is 0.589. The van der Waals surface area contributed by atoms with Gasteiger partial charge in [-0.15, -0.1) is 0 Å². The summed E-state index contributed by atoms with van der Waals surface area (Å²) in [6, 6.07) is 23.4. The number of aromatic nitrogens is 1. The Bertz CT molecular complexity index is 1360. The predicted octanol–water partition coefficient (Wildman–Crippen LogP) is 4.89. The summed E-state index contributed by atoms with van der Waals surface area (Å²) in [5.41, 5.74) is 2.19. The third-order valence-corrected chi connectivity index (χ3v) is 6.15. The van der Waals surface area contributed by atoms with Crippen LogP contribution in [0.15, 0.2) is 85.1 Å². The molecule has 2 heterocycles. The number of hydrogen-bond acceptors (Lipinski definition) is 6. The Labute approximate surface area is 202 Å². The van der Waals surface area contributed by atoms with Gasteiger partial charge in [-0.25, -0.2) is 0 Å². The smallest absolute Gasteiger partial charge is 0.270 e. The summed E-state index contributed by atoms with van der Waals surface area (Å²) in [7, 11) is 0. The van der Waals surface area contributed by atoms with Crippen molar-refractivity contribution < 1.29 is 14.5 Å². The van der Waals surface area contributed by atoms with Gasteiger partial charge in [0.15, 0.2) is 0 Å². The topological polar surface area (TPSA) is 88.8 Å². The maximum Gasteiger partial charge on any atom is 0.270 e. The van der Waals surface area contributed by atoms with Gasteiger partial charge < -0.3 is 9.64 Å². The van der Waals surface area contributed by atoms with Crippen LogP contribution in [0.4, 0.5) is 5.69 Å². The van der Waals surface area contributed by atoms with Crippen molar-refractivity contribution in [3.8, 4) is 11.5 Å². The minimum absolute atomic E-state index is 0.143. The van der Waals surface area contributed by atoms with Gasteiger partial charge in [0, 0.05) is 56.4 Å². The van der Waals surface area contributed by atoms with Gasteiger partial charge in [0.1, 0.15) is 11.5 Å². The predicted molar refractivity (Wildman–Crippen MR) is 133 cm³/mol. The molecule has 0 N–H and O–H groups in total. The number of benzene rings is 3. The lowest BCUT2D eigenvalue weighted by atomic mass is 10.1. The van der Waals surface area contributed by atoms with E-state index in [2.05, 4.69) is 28.1 Å². The van der Waals surface area contributed by atoms with E-state index in [1.54, 1.807) is 23.2 Å². The Hall–Kier alpha value is -4.30. The fraction of sp³-hybridized carbons (Fsp3) is 0.185. The minimum atomic E-state index is -0.501. The molecule has 35 heavy (non-hydrogen) atoms. The number of fused-ring (bicyclic) bond motifs is 1. The van der Waals surface area contributed by atoms with Crippen LogP contribution in [0, 0.1) is 10.1 Å². The number of carbonyl (C=O) groups excluding carboxylic acids is 1. The van der Waals surface area contributed by atoms with Crippen LogP contribution in [0.3, 0.4) is 0 Å². The molecule has 0 radical (unpaired) electrons. The van der Waals surface area contributed by atoms with Crippen molar-refractivity contribution in [2.24, 2.45) is 0 Å². The lowest BCUT2D eigenvalue weighted by Gasteiger charge is -2.35. The molecule has 5 rings (SSSR count). The second-order valence-corrected chi connectivity index (χ2v) is 8.41. The maximum atomic E-state index is 13.4. The quantitative estimate of drug-likeness (QED) is 0.296. The van der Waals surface area contributed by atoms with Crippen LogP contribution in [-0.2, 0) is 6.54 Å². The van der Waals surface area contributed by atoms with E-state index < -0.39 is 4.92 Å². The summed E-state index contributed by atoms with van der Waals surface area (Å²) >= 11 is 0. The SMILES string of the molecule is O=C(c1cc([N+](=O)[O-])ccc1Oc1ccccc1)N1CCN(Cc2cccc3cccnc23)CC1. The molecule has 0 atom stereocenters. The molecule has 8 nitrogen and oxygen atoms in total. The first-order valence-electron chi connectivity index (χ1n) is 11.4. The minimum Gasteiger partial charge on any atom is -0.457 e. The molecule has 1 amide bonds. The highest BCUT2D eigenvalue weighted by Gasteiger charge is 2.26. The fourth-order valence-electron chi connectivity index (χ4n) is 4.32. The number of nitro groups is 1. The Morgan fingerprint density at radius 2 is 1.71 bits per heavy atom. The van der Waals surface area contributed by atoms with Gasteiger partial charge in [0.25, 0.3) is 11.6 Å². The number of nitrogens with zero attached hydrogens (tertiary/aromatic N) is 4. The molecule has 0 aliphatic carbocycles. The average molecular weight is 469 g/mol. The summed E-state index contributed by atoms with van der Waals surface area (Å²) in [4.78, 5) is 32.8. The number of carbonyl (C=O) groups is 1. The number of nitro benzene ring substituents is 1. The summed E-state index contributed by atoms with van der Waals surface area (Å²) in [5, 5.41) is 12.5. The molecule has 0 saturated carbocycles. The lowest BCUT2D eigenvalue weighted by molar-refractivity contribution is -0.384.